The number of anilines is 2. The Hall–Kier alpha value is -3.64. The summed E-state index contributed by atoms with van der Waals surface area (Å²) < 4.78 is 1.63. The van der Waals surface area contributed by atoms with Crippen molar-refractivity contribution >= 4 is 28.9 Å². The lowest BCUT2D eigenvalue weighted by Crippen LogP contribution is -2.12. The fraction of sp³-hybridized carbons (Fsp3) is 0.0870. The van der Waals surface area contributed by atoms with Crippen molar-refractivity contribution in [1.29, 1.82) is 0 Å². The van der Waals surface area contributed by atoms with Crippen LogP contribution in [0.25, 0.3) is 5.69 Å². The van der Waals surface area contributed by atoms with E-state index in [1.807, 2.05) is 42.5 Å². The molecule has 6 nitrogen and oxygen atoms in total. The summed E-state index contributed by atoms with van der Waals surface area (Å²) in [4.78, 5) is 16.5. The Labute approximate surface area is 179 Å². The second-order valence-electron chi connectivity index (χ2n) is 6.81. The number of carbonyl (C=O) groups excluding carboxylic acids is 1. The van der Waals surface area contributed by atoms with Crippen molar-refractivity contribution in [2.75, 3.05) is 10.6 Å². The van der Waals surface area contributed by atoms with Gasteiger partial charge in [-0.3, -0.25) is 4.79 Å². The number of amides is 1. The van der Waals surface area contributed by atoms with Crippen molar-refractivity contribution in [1.82, 2.24) is 14.8 Å². The summed E-state index contributed by atoms with van der Waals surface area (Å²) in [6.07, 6.45) is 3.06. The van der Waals surface area contributed by atoms with Crippen molar-refractivity contribution in [2.24, 2.45) is 0 Å². The van der Waals surface area contributed by atoms with Crippen molar-refractivity contribution in [2.45, 2.75) is 13.0 Å². The summed E-state index contributed by atoms with van der Waals surface area (Å²) >= 11 is 6.44. The summed E-state index contributed by atoms with van der Waals surface area (Å²) in [7, 11) is 0. The smallest absolute Gasteiger partial charge is 0.255 e. The molecule has 0 radical (unpaired) electrons. The highest BCUT2D eigenvalue weighted by Crippen LogP contribution is 2.29. The third-order valence-corrected chi connectivity index (χ3v) is 5.02. The molecule has 30 heavy (non-hydrogen) atoms. The second kappa shape index (κ2) is 8.80. The number of aromatic nitrogens is 3. The van der Waals surface area contributed by atoms with Crippen LogP contribution in [0.3, 0.4) is 0 Å². The van der Waals surface area contributed by atoms with Gasteiger partial charge in [-0.15, -0.1) is 0 Å². The number of halogens is 1. The molecule has 4 aromatic rings. The normalized spacial score (nSPS) is 11.7. The zero-order valence-electron chi connectivity index (χ0n) is 16.3. The van der Waals surface area contributed by atoms with Gasteiger partial charge in [0.05, 0.1) is 16.4 Å². The minimum Gasteiger partial charge on any atom is -0.377 e. The first-order valence-corrected chi connectivity index (χ1v) is 9.85. The van der Waals surface area contributed by atoms with Gasteiger partial charge in [-0.1, -0.05) is 41.9 Å². The molecule has 0 saturated heterocycles. The van der Waals surface area contributed by atoms with Crippen molar-refractivity contribution in [3.8, 4) is 5.69 Å². The molecule has 1 heterocycles. The largest absolute Gasteiger partial charge is 0.377 e. The van der Waals surface area contributed by atoms with E-state index in [2.05, 4.69) is 39.8 Å². The van der Waals surface area contributed by atoms with E-state index in [4.69, 9.17) is 11.6 Å². The minimum atomic E-state index is -0.213. The first-order chi connectivity index (χ1) is 14.6. The molecular formula is C23H20ClN5O. The summed E-state index contributed by atoms with van der Waals surface area (Å²) in [6.45, 7) is 2.07. The lowest BCUT2D eigenvalue weighted by molar-refractivity contribution is 0.102. The Balaban J connectivity index is 1.42. The fourth-order valence-electron chi connectivity index (χ4n) is 3.08. The molecule has 1 unspecified atom stereocenters. The maximum atomic E-state index is 12.6. The molecular weight excluding hydrogens is 398 g/mol. The third-order valence-electron chi connectivity index (χ3n) is 4.71. The second-order valence-corrected chi connectivity index (χ2v) is 7.22. The lowest BCUT2D eigenvalue weighted by Gasteiger charge is -2.17. The number of carbonyl (C=O) groups is 1. The summed E-state index contributed by atoms with van der Waals surface area (Å²) in [6, 6.07) is 22.8. The molecule has 7 heteroatoms. The van der Waals surface area contributed by atoms with E-state index in [9.17, 15) is 4.79 Å². The molecule has 0 bridgehead atoms. The van der Waals surface area contributed by atoms with Gasteiger partial charge in [-0.05, 0) is 55.0 Å². The number of hydrogen-bond acceptors (Lipinski definition) is 4. The molecule has 0 aliphatic carbocycles. The molecule has 3 aromatic carbocycles. The molecule has 2 N–H and O–H groups in total. The molecule has 0 spiro atoms. The summed E-state index contributed by atoms with van der Waals surface area (Å²) in [5.74, 6) is -0.213. The van der Waals surface area contributed by atoms with Crippen LogP contribution in [0.4, 0.5) is 11.4 Å². The van der Waals surface area contributed by atoms with Crippen LogP contribution < -0.4 is 10.6 Å². The molecule has 1 atom stereocenters. The Kier molecular flexibility index (Phi) is 5.77. The van der Waals surface area contributed by atoms with Gasteiger partial charge in [0, 0.05) is 17.3 Å². The number of nitrogens with zero attached hydrogens (tertiary/aromatic N) is 3. The number of rotatable bonds is 6. The summed E-state index contributed by atoms with van der Waals surface area (Å²) in [5.41, 5.74) is 3.97. The molecule has 0 aliphatic rings. The molecule has 4 rings (SSSR count). The third kappa shape index (κ3) is 4.50. The van der Waals surface area contributed by atoms with Crippen LogP contribution in [0.2, 0.25) is 5.02 Å². The van der Waals surface area contributed by atoms with Gasteiger partial charge >= 0.3 is 0 Å². The topological polar surface area (TPSA) is 71.8 Å². The van der Waals surface area contributed by atoms with E-state index in [0.29, 0.717) is 16.3 Å². The number of benzene rings is 3. The van der Waals surface area contributed by atoms with Crippen molar-refractivity contribution in [3.05, 3.63) is 102 Å². The first-order valence-electron chi connectivity index (χ1n) is 9.47. The van der Waals surface area contributed by atoms with Crippen LogP contribution in [-0.2, 0) is 0 Å². The van der Waals surface area contributed by atoms with Gasteiger partial charge in [0.2, 0.25) is 0 Å². The predicted molar refractivity (Wildman–Crippen MR) is 119 cm³/mol. The van der Waals surface area contributed by atoms with Crippen LogP contribution in [0.1, 0.15) is 28.9 Å². The Morgan fingerprint density at radius 3 is 2.47 bits per heavy atom. The highest BCUT2D eigenvalue weighted by Gasteiger charge is 2.11. The van der Waals surface area contributed by atoms with Crippen LogP contribution in [0.5, 0.6) is 0 Å². The van der Waals surface area contributed by atoms with Gasteiger partial charge in [0.1, 0.15) is 12.7 Å². The quantitative estimate of drug-likeness (QED) is 0.443. The van der Waals surface area contributed by atoms with E-state index < -0.39 is 0 Å². The van der Waals surface area contributed by atoms with Crippen molar-refractivity contribution < 1.29 is 4.79 Å². The van der Waals surface area contributed by atoms with E-state index >= 15 is 0 Å². The summed E-state index contributed by atoms with van der Waals surface area (Å²) in [5, 5.41) is 10.9. The van der Waals surface area contributed by atoms with Gasteiger partial charge < -0.3 is 10.6 Å². The Bertz CT molecular complexity index is 1130. The maximum absolute atomic E-state index is 12.6. The van der Waals surface area contributed by atoms with E-state index in [1.165, 1.54) is 11.9 Å². The van der Waals surface area contributed by atoms with E-state index in [-0.39, 0.29) is 11.9 Å². The Morgan fingerprint density at radius 1 is 1.03 bits per heavy atom. The van der Waals surface area contributed by atoms with Crippen LogP contribution in [0, 0.1) is 0 Å². The van der Waals surface area contributed by atoms with Crippen molar-refractivity contribution in [3.63, 3.8) is 0 Å². The predicted octanol–water partition coefficient (Wildman–Crippen LogP) is 5.35. The Morgan fingerprint density at radius 2 is 1.80 bits per heavy atom. The zero-order valence-corrected chi connectivity index (χ0v) is 17.0. The highest BCUT2D eigenvalue weighted by molar-refractivity contribution is 6.33. The van der Waals surface area contributed by atoms with Crippen LogP contribution in [0.15, 0.2) is 85.5 Å². The lowest BCUT2D eigenvalue weighted by atomic mass is 10.1. The van der Waals surface area contributed by atoms with Crippen LogP contribution >= 0.6 is 11.6 Å². The van der Waals surface area contributed by atoms with E-state index in [0.717, 1.165) is 11.4 Å². The van der Waals surface area contributed by atoms with Gasteiger partial charge in [0.15, 0.2) is 0 Å². The minimum absolute atomic E-state index is 0.104. The van der Waals surface area contributed by atoms with Gasteiger partial charge in [0.25, 0.3) is 5.91 Å². The highest BCUT2D eigenvalue weighted by atomic mass is 35.5. The number of hydrogen-bond donors (Lipinski definition) is 2. The average molecular weight is 418 g/mol. The SMILES string of the molecule is CC(Nc1ccc(NC(=O)c2ccc(-n3cncn3)cc2)cc1Cl)c1ccccc1. The molecule has 0 aliphatic heterocycles. The zero-order chi connectivity index (χ0) is 20.9. The van der Waals surface area contributed by atoms with E-state index in [1.54, 1.807) is 29.2 Å². The molecule has 150 valence electrons. The first kappa shape index (κ1) is 19.7. The maximum Gasteiger partial charge on any atom is 0.255 e. The molecule has 1 amide bonds. The molecule has 0 fully saturated rings. The van der Waals surface area contributed by atoms with Gasteiger partial charge in [-0.2, -0.15) is 5.10 Å². The molecule has 0 saturated carbocycles. The number of nitrogens with one attached hydrogen (secondary N) is 2. The van der Waals surface area contributed by atoms with Crippen LogP contribution in [-0.4, -0.2) is 20.7 Å². The standard InChI is InChI=1S/C23H20ClN5O/c1-16(17-5-3-2-4-6-17)27-22-12-9-19(13-21(22)24)28-23(30)18-7-10-20(11-8-18)29-15-25-14-26-29/h2-16,27H,1H3,(H,28,30). The van der Waals surface area contributed by atoms with Gasteiger partial charge in [-0.25, -0.2) is 9.67 Å². The fourth-order valence-corrected chi connectivity index (χ4v) is 3.31. The monoisotopic (exact) mass is 417 g/mol. The average Bonchev–Trinajstić information content (AvgIpc) is 3.31. The molecule has 1 aromatic heterocycles.